The van der Waals surface area contributed by atoms with E-state index in [2.05, 4.69) is 15.9 Å². The second-order valence-electron chi connectivity index (χ2n) is 4.95. The first-order chi connectivity index (χ1) is 9.86. The number of benzene rings is 1. The van der Waals surface area contributed by atoms with Crippen molar-refractivity contribution in [2.24, 2.45) is 0 Å². The van der Waals surface area contributed by atoms with Crippen LogP contribution in [0.3, 0.4) is 0 Å². The summed E-state index contributed by atoms with van der Waals surface area (Å²) < 4.78 is 37.9. The normalized spacial score (nSPS) is 19.1. The van der Waals surface area contributed by atoms with E-state index in [0.29, 0.717) is 23.3 Å². The molecule has 1 aromatic rings. The lowest BCUT2D eigenvalue weighted by Crippen LogP contribution is -2.34. The molecule has 0 aromatic heterocycles. The number of likely N-dealkylation sites (N-methyl/N-ethyl adjacent to an activating group) is 1. The molecule has 8 heteroatoms. The molecule has 0 amide bonds. The van der Waals surface area contributed by atoms with E-state index in [9.17, 15) is 8.42 Å². The van der Waals surface area contributed by atoms with Gasteiger partial charge in [0.25, 0.3) is 0 Å². The summed E-state index contributed by atoms with van der Waals surface area (Å²) >= 11 is 3.26. The van der Waals surface area contributed by atoms with E-state index in [1.807, 2.05) is 0 Å². The summed E-state index contributed by atoms with van der Waals surface area (Å²) in [7, 11) is -0.717. The van der Waals surface area contributed by atoms with Crippen molar-refractivity contribution >= 4 is 31.6 Å². The van der Waals surface area contributed by atoms with E-state index >= 15 is 0 Å². The van der Waals surface area contributed by atoms with E-state index in [0.717, 1.165) is 12.8 Å². The molecule has 0 saturated carbocycles. The van der Waals surface area contributed by atoms with Crippen molar-refractivity contribution in [3.05, 3.63) is 16.6 Å². The predicted octanol–water partition coefficient (Wildman–Crippen LogP) is 1.84. The van der Waals surface area contributed by atoms with Crippen LogP contribution in [0.25, 0.3) is 0 Å². The highest BCUT2D eigenvalue weighted by molar-refractivity contribution is 9.10. The maximum Gasteiger partial charge on any atom is 0.246 e. The van der Waals surface area contributed by atoms with Gasteiger partial charge in [0.05, 0.1) is 13.2 Å². The summed E-state index contributed by atoms with van der Waals surface area (Å²) in [6, 6.07) is 2.96. The molecule has 21 heavy (non-hydrogen) atoms. The number of ether oxygens (including phenoxy) is 2. The molecule has 6 nitrogen and oxygen atoms in total. The van der Waals surface area contributed by atoms with Crippen LogP contribution in [-0.2, 0) is 14.8 Å². The number of methoxy groups -OCH3 is 1. The smallest absolute Gasteiger partial charge is 0.246 e. The molecule has 118 valence electrons. The van der Waals surface area contributed by atoms with Crippen molar-refractivity contribution in [1.82, 2.24) is 4.31 Å². The molecular formula is C13H19BrN2O4S. The predicted molar refractivity (Wildman–Crippen MR) is 83.9 cm³/mol. The Kier molecular flexibility index (Phi) is 5.13. The Morgan fingerprint density at radius 3 is 2.81 bits per heavy atom. The number of nitrogens with two attached hydrogens (primary N) is 1. The number of hydrogen-bond donors (Lipinski definition) is 1. The molecule has 0 aliphatic carbocycles. The average molecular weight is 379 g/mol. The van der Waals surface area contributed by atoms with Gasteiger partial charge in [0.15, 0.2) is 0 Å². The molecule has 1 heterocycles. The molecule has 1 aliphatic rings. The van der Waals surface area contributed by atoms with Crippen molar-refractivity contribution in [1.29, 1.82) is 0 Å². The quantitative estimate of drug-likeness (QED) is 0.790. The molecule has 1 aromatic carbocycles. The molecule has 1 fully saturated rings. The van der Waals surface area contributed by atoms with Crippen LogP contribution < -0.4 is 10.5 Å². The van der Waals surface area contributed by atoms with Gasteiger partial charge in [-0.3, -0.25) is 0 Å². The summed E-state index contributed by atoms with van der Waals surface area (Å²) in [5, 5.41) is 0. The topological polar surface area (TPSA) is 81.9 Å². The number of nitrogen functional groups attached to an aromatic ring is 1. The van der Waals surface area contributed by atoms with Gasteiger partial charge >= 0.3 is 0 Å². The van der Waals surface area contributed by atoms with Gasteiger partial charge < -0.3 is 15.2 Å². The van der Waals surface area contributed by atoms with E-state index in [1.54, 1.807) is 6.07 Å². The Morgan fingerprint density at radius 2 is 2.24 bits per heavy atom. The van der Waals surface area contributed by atoms with Gasteiger partial charge in [-0.1, -0.05) is 0 Å². The standard InChI is InChI=1S/C13H19BrN2O4S/c1-16(8-9-4-3-5-20-9)21(17,18)13-7-11(15)10(14)6-12(13)19-2/h6-7,9H,3-5,8,15H2,1-2H3. The maximum atomic E-state index is 12.7. The molecule has 1 atom stereocenters. The van der Waals surface area contributed by atoms with Gasteiger partial charge in [0.1, 0.15) is 10.6 Å². The van der Waals surface area contributed by atoms with Crippen molar-refractivity contribution < 1.29 is 17.9 Å². The van der Waals surface area contributed by atoms with Crippen LogP contribution in [0.1, 0.15) is 12.8 Å². The Morgan fingerprint density at radius 1 is 1.52 bits per heavy atom. The third-order valence-electron chi connectivity index (χ3n) is 3.46. The Bertz CT molecular complexity index is 615. The summed E-state index contributed by atoms with van der Waals surface area (Å²) in [4.78, 5) is 0.0613. The molecule has 1 aliphatic heterocycles. The minimum absolute atomic E-state index is 0.0523. The van der Waals surface area contributed by atoms with E-state index in [-0.39, 0.29) is 16.7 Å². The van der Waals surface area contributed by atoms with E-state index in [4.69, 9.17) is 15.2 Å². The molecule has 1 saturated heterocycles. The molecule has 0 bridgehead atoms. The number of hydrogen-bond acceptors (Lipinski definition) is 5. The van der Waals surface area contributed by atoms with Crippen LogP contribution >= 0.6 is 15.9 Å². The van der Waals surface area contributed by atoms with E-state index < -0.39 is 10.0 Å². The fraction of sp³-hybridized carbons (Fsp3) is 0.538. The summed E-state index contributed by atoms with van der Waals surface area (Å²) in [5.41, 5.74) is 6.14. The third-order valence-corrected chi connectivity index (χ3v) is 5.99. The fourth-order valence-electron chi connectivity index (χ4n) is 2.25. The lowest BCUT2D eigenvalue weighted by molar-refractivity contribution is 0.0978. The lowest BCUT2D eigenvalue weighted by atomic mass is 10.2. The van der Waals surface area contributed by atoms with Crippen molar-refractivity contribution in [3.8, 4) is 5.75 Å². The SMILES string of the molecule is COc1cc(Br)c(N)cc1S(=O)(=O)N(C)CC1CCCO1. The van der Waals surface area contributed by atoms with Crippen LogP contribution in [0.2, 0.25) is 0 Å². The number of halogens is 1. The molecular weight excluding hydrogens is 360 g/mol. The highest BCUT2D eigenvalue weighted by atomic mass is 79.9. The number of anilines is 1. The first-order valence-corrected chi connectivity index (χ1v) is 8.80. The van der Waals surface area contributed by atoms with Gasteiger partial charge in [-0.25, -0.2) is 8.42 Å². The Hall–Kier alpha value is -0.830. The summed E-state index contributed by atoms with van der Waals surface area (Å²) in [6.45, 7) is 1.01. The summed E-state index contributed by atoms with van der Waals surface area (Å²) in [6.07, 6.45) is 1.79. The van der Waals surface area contributed by atoms with Crippen LogP contribution in [-0.4, -0.2) is 46.1 Å². The van der Waals surface area contributed by atoms with E-state index in [1.165, 1.54) is 24.5 Å². The first-order valence-electron chi connectivity index (χ1n) is 6.57. The fourth-order valence-corrected chi connectivity index (χ4v) is 3.95. The summed E-state index contributed by atoms with van der Waals surface area (Å²) in [5.74, 6) is 0.260. The highest BCUT2D eigenvalue weighted by Gasteiger charge is 2.29. The first kappa shape index (κ1) is 16.5. The molecule has 2 N–H and O–H groups in total. The number of nitrogens with zero attached hydrogens (tertiary/aromatic N) is 1. The lowest BCUT2D eigenvalue weighted by Gasteiger charge is -2.22. The van der Waals surface area contributed by atoms with Gasteiger partial charge in [-0.15, -0.1) is 0 Å². The Balaban J connectivity index is 2.31. The van der Waals surface area contributed by atoms with Crippen molar-refractivity contribution in [2.75, 3.05) is 33.0 Å². The molecule has 0 radical (unpaired) electrons. The number of rotatable bonds is 5. The maximum absolute atomic E-state index is 12.7. The number of sulfonamides is 1. The van der Waals surface area contributed by atoms with Gasteiger partial charge in [-0.05, 0) is 40.9 Å². The Labute approximate surface area is 133 Å². The monoisotopic (exact) mass is 378 g/mol. The van der Waals surface area contributed by atoms with Gasteiger partial charge in [0.2, 0.25) is 10.0 Å². The molecule has 2 rings (SSSR count). The zero-order chi connectivity index (χ0) is 15.6. The van der Waals surface area contributed by atoms with Crippen LogP contribution in [0.5, 0.6) is 5.75 Å². The zero-order valence-electron chi connectivity index (χ0n) is 12.0. The highest BCUT2D eigenvalue weighted by Crippen LogP contribution is 2.33. The van der Waals surface area contributed by atoms with Gasteiger partial charge in [-0.2, -0.15) is 4.31 Å². The molecule has 0 spiro atoms. The minimum Gasteiger partial charge on any atom is -0.495 e. The largest absolute Gasteiger partial charge is 0.495 e. The second kappa shape index (κ2) is 6.51. The van der Waals surface area contributed by atoms with Crippen LogP contribution in [0, 0.1) is 0 Å². The average Bonchev–Trinajstić information content (AvgIpc) is 2.94. The van der Waals surface area contributed by atoms with Crippen molar-refractivity contribution in [2.45, 2.75) is 23.8 Å². The van der Waals surface area contributed by atoms with Gasteiger partial charge in [0, 0.05) is 30.4 Å². The van der Waals surface area contributed by atoms with Crippen LogP contribution in [0.15, 0.2) is 21.5 Å². The van der Waals surface area contributed by atoms with Crippen molar-refractivity contribution in [3.63, 3.8) is 0 Å². The zero-order valence-corrected chi connectivity index (χ0v) is 14.4. The molecule has 1 unspecified atom stereocenters. The third kappa shape index (κ3) is 3.50. The second-order valence-corrected chi connectivity index (χ2v) is 7.81. The van der Waals surface area contributed by atoms with Crippen LogP contribution in [0.4, 0.5) is 5.69 Å². The minimum atomic E-state index is -3.68.